The standard InChI is InChI=1S/C17H19N3O4/c1-17(2)8-12-14(13(21)9-17)15(18-16(22)19(12)3)10-4-6-11(7-5-10)20(23)24/h4-7,15H,8-9H2,1-3H3,(H,18,22). The molecule has 0 aromatic heterocycles. The molecule has 1 unspecified atom stereocenters. The van der Waals surface area contributed by atoms with Gasteiger partial charge in [0.05, 0.1) is 11.0 Å². The number of hydrogen-bond acceptors (Lipinski definition) is 4. The molecule has 0 saturated heterocycles. The van der Waals surface area contributed by atoms with Gasteiger partial charge in [0.15, 0.2) is 5.78 Å². The van der Waals surface area contributed by atoms with E-state index in [1.54, 1.807) is 19.2 Å². The minimum absolute atomic E-state index is 0.0106. The molecule has 24 heavy (non-hydrogen) atoms. The van der Waals surface area contributed by atoms with Crippen molar-refractivity contribution in [2.75, 3.05) is 7.05 Å². The molecular weight excluding hydrogens is 310 g/mol. The molecule has 1 aliphatic carbocycles. The van der Waals surface area contributed by atoms with Crippen LogP contribution in [0.4, 0.5) is 10.5 Å². The smallest absolute Gasteiger partial charge is 0.322 e. The molecule has 2 amide bonds. The lowest BCUT2D eigenvalue weighted by atomic mass is 9.72. The number of carbonyl (C=O) groups excluding carboxylic acids is 2. The zero-order valence-corrected chi connectivity index (χ0v) is 13.8. The van der Waals surface area contributed by atoms with Gasteiger partial charge >= 0.3 is 6.03 Å². The Hall–Kier alpha value is -2.70. The molecule has 3 rings (SSSR count). The number of Topliss-reactive ketones (excluding diaryl/α,β-unsaturated/α-hetero) is 1. The van der Waals surface area contributed by atoms with Crippen LogP contribution < -0.4 is 5.32 Å². The van der Waals surface area contributed by atoms with Gasteiger partial charge in [0.25, 0.3) is 5.69 Å². The van der Waals surface area contributed by atoms with Crippen molar-refractivity contribution < 1.29 is 14.5 Å². The summed E-state index contributed by atoms with van der Waals surface area (Å²) in [7, 11) is 1.66. The Morgan fingerprint density at radius 2 is 1.83 bits per heavy atom. The van der Waals surface area contributed by atoms with Gasteiger partial charge < -0.3 is 10.2 Å². The second kappa shape index (κ2) is 5.43. The SMILES string of the molecule is CN1C(=O)NC(c2ccc([N+](=O)[O-])cc2)C2=C1CC(C)(C)CC2=O. The monoisotopic (exact) mass is 329 g/mol. The van der Waals surface area contributed by atoms with E-state index >= 15 is 0 Å². The molecule has 1 aliphatic heterocycles. The fraction of sp³-hybridized carbons (Fsp3) is 0.412. The quantitative estimate of drug-likeness (QED) is 0.667. The molecule has 0 radical (unpaired) electrons. The lowest BCUT2D eigenvalue weighted by Gasteiger charge is -2.42. The van der Waals surface area contributed by atoms with Crippen molar-refractivity contribution in [3.8, 4) is 0 Å². The van der Waals surface area contributed by atoms with Crippen LogP contribution in [0.25, 0.3) is 0 Å². The van der Waals surface area contributed by atoms with Gasteiger partial charge in [0.2, 0.25) is 0 Å². The summed E-state index contributed by atoms with van der Waals surface area (Å²) in [4.78, 5) is 36.8. The van der Waals surface area contributed by atoms with E-state index in [1.807, 2.05) is 13.8 Å². The summed E-state index contributed by atoms with van der Waals surface area (Å²) in [5.41, 5.74) is 1.78. The predicted octanol–water partition coefficient (Wildman–Crippen LogP) is 2.93. The van der Waals surface area contributed by atoms with Gasteiger partial charge in [-0.15, -0.1) is 0 Å². The van der Waals surface area contributed by atoms with E-state index in [0.717, 1.165) is 5.70 Å². The summed E-state index contributed by atoms with van der Waals surface area (Å²) in [6.07, 6.45) is 1.06. The summed E-state index contributed by atoms with van der Waals surface area (Å²) < 4.78 is 0. The van der Waals surface area contributed by atoms with Crippen LogP contribution in [0, 0.1) is 15.5 Å². The number of benzene rings is 1. The van der Waals surface area contributed by atoms with Crippen LogP contribution in [-0.4, -0.2) is 28.7 Å². The van der Waals surface area contributed by atoms with Crippen molar-refractivity contribution in [3.05, 3.63) is 51.2 Å². The number of carbonyl (C=O) groups is 2. The van der Waals surface area contributed by atoms with Crippen LogP contribution in [0.3, 0.4) is 0 Å². The molecule has 1 heterocycles. The van der Waals surface area contributed by atoms with Gasteiger partial charge in [-0.25, -0.2) is 4.79 Å². The van der Waals surface area contributed by atoms with Crippen molar-refractivity contribution >= 4 is 17.5 Å². The first-order valence-corrected chi connectivity index (χ1v) is 7.74. The van der Waals surface area contributed by atoms with Crippen LogP contribution in [-0.2, 0) is 4.79 Å². The lowest BCUT2D eigenvalue weighted by molar-refractivity contribution is -0.384. The van der Waals surface area contributed by atoms with E-state index < -0.39 is 11.0 Å². The Balaban J connectivity index is 2.07. The molecule has 0 bridgehead atoms. The predicted molar refractivity (Wildman–Crippen MR) is 87.2 cm³/mol. The van der Waals surface area contributed by atoms with Gasteiger partial charge in [-0.05, 0) is 29.5 Å². The van der Waals surface area contributed by atoms with E-state index in [9.17, 15) is 19.7 Å². The van der Waals surface area contributed by atoms with Gasteiger partial charge in [0, 0.05) is 36.9 Å². The Morgan fingerprint density at radius 1 is 1.21 bits per heavy atom. The fourth-order valence-corrected chi connectivity index (χ4v) is 3.38. The molecule has 7 heteroatoms. The first-order chi connectivity index (χ1) is 11.2. The summed E-state index contributed by atoms with van der Waals surface area (Å²) in [6, 6.07) is 5.11. The van der Waals surface area contributed by atoms with Gasteiger partial charge in [-0.2, -0.15) is 0 Å². The molecule has 126 valence electrons. The fourth-order valence-electron chi connectivity index (χ4n) is 3.38. The maximum absolute atomic E-state index is 12.7. The Bertz CT molecular complexity index is 765. The molecule has 1 N–H and O–H groups in total. The van der Waals surface area contributed by atoms with Gasteiger partial charge in [-0.3, -0.25) is 14.9 Å². The molecule has 0 fully saturated rings. The molecule has 1 aromatic carbocycles. The molecule has 7 nitrogen and oxygen atoms in total. The van der Waals surface area contributed by atoms with E-state index in [4.69, 9.17) is 0 Å². The van der Waals surface area contributed by atoms with Crippen LogP contribution in [0.15, 0.2) is 35.5 Å². The molecule has 0 saturated carbocycles. The maximum Gasteiger partial charge on any atom is 0.322 e. The number of nitro groups is 1. The number of non-ortho nitro benzene ring substituents is 1. The van der Waals surface area contributed by atoms with Crippen LogP contribution in [0.1, 0.15) is 38.3 Å². The van der Waals surface area contributed by atoms with E-state index in [2.05, 4.69) is 5.32 Å². The van der Waals surface area contributed by atoms with Crippen molar-refractivity contribution in [1.82, 2.24) is 10.2 Å². The minimum atomic E-state index is -0.562. The highest BCUT2D eigenvalue weighted by Crippen LogP contribution is 2.43. The molecular formula is C17H19N3O4. The van der Waals surface area contributed by atoms with Gasteiger partial charge in [0.1, 0.15) is 0 Å². The van der Waals surface area contributed by atoms with Crippen molar-refractivity contribution in [1.29, 1.82) is 0 Å². The summed E-state index contributed by atoms with van der Waals surface area (Å²) >= 11 is 0. The Kier molecular flexibility index (Phi) is 3.66. The summed E-state index contributed by atoms with van der Waals surface area (Å²) in [5, 5.41) is 13.6. The number of nitro benzene ring substituents is 1. The van der Waals surface area contributed by atoms with Crippen LogP contribution in [0.2, 0.25) is 0 Å². The first kappa shape index (κ1) is 16.2. The first-order valence-electron chi connectivity index (χ1n) is 7.74. The highest BCUT2D eigenvalue weighted by Gasteiger charge is 2.42. The summed E-state index contributed by atoms with van der Waals surface area (Å²) in [5.74, 6) is 0.0106. The molecule has 1 atom stereocenters. The van der Waals surface area contributed by atoms with Crippen LogP contribution >= 0.6 is 0 Å². The normalized spacial score (nSPS) is 23.0. The average Bonchev–Trinajstić information content (AvgIpc) is 2.50. The third-order valence-corrected chi connectivity index (χ3v) is 4.60. The second-order valence-electron chi connectivity index (χ2n) is 7.09. The average molecular weight is 329 g/mol. The second-order valence-corrected chi connectivity index (χ2v) is 7.09. The highest BCUT2D eigenvalue weighted by molar-refractivity contribution is 6.01. The summed E-state index contributed by atoms with van der Waals surface area (Å²) in [6.45, 7) is 4.02. The van der Waals surface area contributed by atoms with E-state index in [-0.39, 0.29) is 22.9 Å². The topological polar surface area (TPSA) is 92.6 Å². The number of urea groups is 1. The highest BCUT2D eigenvalue weighted by atomic mass is 16.6. The third-order valence-electron chi connectivity index (χ3n) is 4.60. The minimum Gasteiger partial charge on any atom is -0.327 e. The number of rotatable bonds is 2. The van der Waals surface area contributed by atoms with E-state index in [0.29, 0.717) is 24.0 Å². The largest absolute Gasteiger partial charge is 0.327 e. The van der Waals surface area contributed by atoms with Crippen molar-refractivity contribution in [2.24, 2.45) is 5.41 Å². The number of nitrogens with zero attached hydrogens (tertiary/aromatic N) is 2. The number of allylic oxidation sites excluding steroid dienone is 1. The Labute approximate surface area is 139 Å². The van der Waals surface area contributed by atoms with E-state index in [1.165, 1.54) is 17.0 Å². The number of hydrogen-bond donors (Lipinski definition) is 1. The number of nitrogens with one attached hydrogen (secondary N) is 1. The zero-order chi connectivity index (χ0) is 17.6. The zero-order valence-electron chi connectivity index (χ0n) is 13.8. The van der Waals surface area contributed by atoms with Crippen LogP contribution in [0.5, 0.6) is 0 Å². The third kappa shape index (κ3) is 2.66. The molecule has 0 spiro atoms. The molecule has 2 aliphatic rings. The lowest BCUT2D eigenvalue weighted by Crippen LogP contribution is -2.49. The number of amides is 2. The Morgan fingerprint density at radius 3 is 2.42 bits per heavy atom. The van der Waals surface area contributed by atoms with Gasteiger partial charge in [-0.1, -0.05) is 13.8 Å². The van der Waals surface area contributed by atoms with Crippen molar-refractivity contribution in [2.45, 2.75) is 32.7 Å². The molecule has 1 aromatic rings. The van der Waals surface area contributed by atoms with Crippen molar-refractivity contribution in [3.63, 3.8) is 0 Å². The maximum atomic E-state index is 12.7. The number of ketones is 1.